The number of hydrogen-bond donors (Lipinski definition) is 1. The van der Waals surface area contributed by atoms with E-state index in [-0.39, 0.29) is 0 Å². The molecule has 3 aromatic rings. The topological polar surface area (TPSA) is 63.2 Å². The number of ether oxygens (including phenoxy) is 1. The fourth-order valence-corrected chi connectivity index (χ4v) is 3.42. The van der Waals surface area contributed by atoms with Crippen LogP contribution in [0.25, 0.3) is 22.3 Å². The Morgan fingerprint density at radius 3 is 2.81 bits per heavy atom. The number of hydrogen-bond acceptors (Lipinski definition) is 6. The van der Waals surface area contributed by atoms with Gasteiger partial charge in [-0.2, -0.15) is 0 Å². The Balaban J connectivity index is 1.65. The fourth-order valence-electron chi connectivity index (χ4n) is 3.42. The number of fused-ring (bicyclic) bond motifs is 1. The smallest absolute Gasteiger partial charge is 0.163 e. The number of nitrogens with zero attached hydrogens (tertiary/aromatic N) is 4. The molecule has 0 unspecified atom stereocenters. The molecule has 1 aromatic carbocycles. The molecule has 0 bridgehead atoms. The third-order valence-corrected chi connectivity index (χ3v) is 4.88. The number of pyridine rings is 1. The maximum Gasteiger partial charge on any atom is 0.163 e. The van der Waals surface area contributed by atoms with Gasteiger partial charge in [0.1, 0.15) is 5.82 Å². The highest BCUT2D eigenvalue weighted by Crippen LogP contribution is 2.25. The monoisotopic (exact) mass is 349 g/mol. The van der Waals surface area contributed by atoms with Gasteiger partial charge in [0.2, 0.25) is 0 Å². The van der Waals surface area contributed by atoms with Gasteiger partial charge in [0.25, 0.3) is 0 Å². The quantitative estimate of drug-likeness (QED) is 0.764. The van der Waals surface area contributed by atoms with Crippen molar-refractivity contribution >= 4 is 16.7 Å². The molecular weight excluding hydrogens is 326 g/mol. The van der Waals surface area contributed by atoms with Crippen LogP contribution >= 0.6 is 0 Å². The number of para-hydroxylation sites is 1. The largest absolute Gasteiger partial charge is 0.379 e. The number of benzene rings is 1. The summed E-state index contributed by atoms with van der Waals surface area (Å²) in [5, 5.41) is 4.57. The zero-order chi connectivity index (χ0) is 17.9. The van der Waals surface area contributed by atoms with Crippen molar-refractivity contribution in [2.24, 2.45) is 5.92 Å². The average Bonchev–Trinajstić information content (AvgIpc) is 3.15. The van der Waals surface area contributed by atoms with Gasteiger partial charge in [0, 0.05) is 41.8 Å². The zero-order valence-corrected chi connectivity index (χ0v) is 15.1. The van der Waals surface area contributed by atoms with Gasteiger partial charge in [-0.3, -0.25) is 4.98 Å². The molecule has 1 aliphatic heterocycles. The molecule has 3 heterocycles. The van der Waals surface area contributed by atoms with Gasteiger partial charge >= 0.3 is 0 Å². The van der Waals surface area contributed by atoms with Crippen LogP contribution in [-0.4, -0.2) is 59.7 Å². The number of aromatic nitrogens is 3. The van der Waals surface area contributed by atoms with E-state index in [2.05, 4.69) is 35.4 Å². The van der Waals surface area contributed by atoms with Crippen molar-refractivity contribution in [3.63, 3.8) is 0 Å². The van der Waals surface area contributed by atoms with E-state index in [0.29, 0.717) is 17.8 Å². The molecule has 0 aliphatic carbocycles. The lowest BCUT2D eigenvalue weighted by Crippen LogP contribution is -2.37. The first-order chi connectivity index (χ1) is 12.7. The molecule has 1 N–H and O–H groups in total. The Labute approximate surface area is 153 Å². The Morgan fingerprint density at radius 2 is 2.00 bits per heavy atom. The summed E-state index contributed by atoms with van der Waals surface area (Å²) in [6, 6.07) is 12.4. The van der Waals surface area contributed by atoms with Gasteiger partial charge in [-0.05, 0) is 38.4 Å². The highest BCUT2D eigenvalue weighted by Gasteiger charge is 2.29. The van der Waals surface area contributed by atoms with E-state index in [1.54, 1.807) is 12.4 Å². The second-order valence-electron chi connectivity index (χ2n) is 6.86. The molecule has 2 aromatic heterocycles. The SMILES string of the molecule is CN(C)[C@@H]1COC[C@H]1CNc1nc(-c2cccnc2)nc2ccccc12. The first-order valence-electron chi connectivity index (χ1n) is 8.87. The number of likely N-dealkylation sites (N-methyl/N-ethyl adjacent to an activating group) is 1. The molecule has 1 saturated heterocycles. The van der Waals surface area contributed by atoms with E-state index in [0.717, 1.165) is 42.0 Å². The Hall–Kier alpha value is -2.57. The average molecular weight is 349 g/mol. The fraction of sp³-hybridized carbons (Fsp3) is 0.350. The van der Waals surface area contributed by atoms with Gasteiger partial charge in [-0.25, -0.2) is 9.97 Å². The molecular formula is C20H23N5O. The molecule has 6 heteroatoms. The van der Waals surface area contributed by atoms with Crippen molar-refractivity contribution < 1.29 is 4.74 Å². The first-order valence-corrected chi connectivity index (χ1v) is 8.87. The highest BCUT2D eigenvalue weighted by atomic mass is 16.5. The third kappa shape index (κ3) is 3.38. The van der Waals surface area contributed by atoms with Crippen LogP contribution in [0.3, 0.4) is 0 Å². The molecule has 134 valence electrons. The van der Waals surface area contributed by atoms with E-state index in [1.165, 1.54) is 0 Å². The van der Waals surface area contributed by atoms with Crippen LogP contribution in [0.5, 0.6) is 0 Å². The molecule has 0 radical (unpaired) electrons. The molecule has 1 fully saturated rings. The molecule has 0 amide bonds. The molecule has 0 spiro atoms. The predicted molar refractivity (Wildman–Crippen MR) is 103 cm³/mol. The van der Waals surface area contributed by atoms with E-state index in [1.807, 2.05) is 30.3 Å². The van der Waals surface area contributed by atoms with Gasteiger partial charge in [0.15, 0.2) is 5.82 Å². The molecule has 0 saturated carbocycles. The van der Waals surface area contributed by atoms with Crippen molar-refractivity contribution in [1.29, 1.82) is 0 Å². The van der Waals surface area contributed by atoms with E-state index in [4.69, 9.17) is 14.7 Å². The van der Waals surface area contributed by atoms with Crippen LogP contribution in [-0.2, 0) is 4.74 Å². The highest BCUT2D eigenvalue weighted by molar-refractivity contribution is 5.90. The third-order valence-electron chi connectivity index (χ3n) is 4.88. The van der Waals surface area contributed by atoms with E-state index < -0.39 is 0 Å². The Kier molecular flexibility index (Phi) is 4.77. The van der Waals surface area contributed by atoms with Crippen molar-refractivity contribution in [2.45, 2.75) is 6.04 Å². The van der Waals surface area contributed by atoms with Crippen LogP contribution in [0, 0.1) is 5.92 Å². The maximum atomic E-state index is 5.68. The summed E-state index contributed by atoms with van der Waals surface area (Å²) in [5.74, 6) is 1.98. The summed E-state index contributed by atoms with van der Waals surface area (Å²) < 4.78 is 5.68. The van der Waals surface area contributed by atoms with Crippen LogP contribution in [0.4, 0.5) is 5.82 Å². The van der Waals surface area contributed by atoms with Crippen LogP contribution < -0.4 is 5.32 Å². The normalized spacial score (nSPS) is 20.0. The minimum Gasteiger partial charge on any atom is -0.379 e. The van der Waals surface area contributed by atoms with Crippen molar-refractivity contribution in [3.05, 3.63) is 48.8 Å². The van der Waals surface area contributed by atoms with Crippen molar-refractivity contribution in [3.8, 4) is 11.4 Å². The summed E-state index contributed by atoms with van der Waals surface area (Å²) in [6.07, 6.45) is 3.55. The Morgan fingerprint density at radius 1 is 1.12 bits per heavy atom. The molecule has 4 rings (SSSR count). The first kappa shape index (κ1) is 16.9. The summed E-state index contributed by atoms with van der Waals surface area (Å²) >= 11 is 0. The number of anilines is 1. The second kappa shape index (κ2) is 7.35. The van der Waals surface area contributed by atoms with Gasteiger partial charge in [-0.1, -0.05) is 12.1 Å². The number of rotatable bonds is 5. The number of nitrogens with one attached hydrogen (secondary N) is 1. The lowest BCUT2D eigenvalue weighted by atomic mass is 10.0. The Bertz CT molecular complexity index is 884. The van der Waals surface area contributed by atoms with Gasteiger partial charge in [0.05, 0.1) is 18.7 Å². The standard InChI is InChI=1S/C20H23N5O/c1-25(2)18-13-26-12-15(18)11-22-20-16-7-3-4-8-17(16)23-19(24-20)14-6-5-9-21-10-14/h3-10,15,18H,11-13H2,1-2H3,(H,22,23,24)/t15-,18-/m1/s1. The second-order valence-corrected chi connectivity index (χ2v) is 6.86. The maximum absolute atomic E-state index is 5.68. The van der Waals surface area contributed by atoms with Crippen molar-refractivity contribution in [1.82, 2.24) is 19.9 Å². The summed E-state index contributed by atoms with van der Waals surface area (Å²) in [7, 11) is 4.21. The predicted octanol–water partition coefficient (Wildman–Crippen LogP) is 2.68. The minimum atomic E-state index is 0.424. The van der Waals surface area contributed by atoms with E-state index in [9.17, 15) is 0 Å². The molecule has 26 heavy (non-hydrogen) atoms. The minimum absolute atomic E-state index is 0.424. The molecule has 2 atom stereocenters. The lowest BCUT2D eigenvalue weighted by molar-refractivity contribution is 0.169. The van der Waals surface area contributed by atoms with Crippen LogP contribution in [0.15, 0.2) is 48.8 Å². The summed E-state index contributed by atoms with van der Waals surface area (Å²) in [6.45, 7) is 2.37. The van der Waals surface area contributed by atoms with Crippen LogP contribution in [0.2, 0.25) is 0 Å². The summed E-state index contributed by atoms with van der Waals surface area (Å²) in [5.41, 5.74) is 1.84. The molecule has 1 aliphatic rings. The van der Waals surface area contributed by atoms with Gasteiger partial charge < -0.3 is 15.0 Å². The lowest BCUT2D eigenvalue weighted by Gasteiger charge is -2.24. The van der Waals surface area contributed by atoms with Gasteiger partial charge in [-0.15, -0.1) is 0 Å². The van der Waals surface area contributed by atoms with E-state index >= 15 is 0 Å². The van der Waals surface area contributed by atoms with Crippen LogP contribution in [0.1, 0.15) is 0 Å². The van der Waals surface area contributed by atoms with Crippen molar-refractivity contribution in [2.75, 3.05) is 39.2 Å². The zero-order valence-electron chi connectivity index (χ0n) is 15.1. The summed E-state index contributed by atoms with van der Waals surface area (Å²) in [4.78, 5) is 15.9. The molecule has 6 nitrogen and oxygen atoms in total.